The van der Waals surface area contributed by atoms with Crippen molar-refractivity contribution in [2.24, 2.45) is 0 Å². The fraction of sp³-hybridized carbons (Fsp3) is 0.846. The van der Waals surface area contributed by atoms with Crippen LogP contribution in [0.3, 0.4) is 0 Å². The van der Waals surface area contributed by atoms with Gasteiger partial charge in [-0.3, -0.25) is 0 Å². The molecule has 0 aromatic carbocycles. The lowest BCUT2D eigenvalue weighted by Gasteiger charge is -2.23. The molecule has 0 rings (SSSR count). The summed E-state index contributed by atoms with van der Waals surface area (Å²) >= 11 is 0. The largest absolute Gasteiger partial charge is 0.375 e. The Morgan fingerprint density at radius 1 is 0.938 bits per heavy atom. The number of hydrogen-bond acceptors (Lipinski definition) is 3. The van der Waals surface area contributed by atoms with Gasteiger partial charge in [0.1, 0.15) is 6.10 Å². The lowest BCUT2D eigenvalue weighted by Crippen LogP contribution is -2.31. The Balaban J connectivity index is 3.94. The smallest absolute Gasteiger partial charge is 0.104 e. The highest BCUT2D eigenvalue weighted by Gasteiger charge is 2.14. The summed E-state index contributed by atoms with van der Waals surface area (Å²) in [5, 5.41) is 0. The average molecular weight is 228 g/mol. The molecule has 3 nitrogen and oxygen atoms in total. The van der Waals surface area contributed by atoms with Crippen molar-refractivity contribution in [3.05, 3.63) is 13.8 Å². The van der Waals surface area contributed by atoms with E-state index < -0.39 is 0 Å². The number of hydrogen-bond donors (Lipinski definition) is 0. The van der Waals surface area contributed by atoms with Crippen LogP contribution in [0.2, 0.25) is 0 Å². The number of rotatable bonds is 9. The van der Waals surface area contributed by atoms with Gasteiger partial charge >= 0.3 is 0 Å². The molecule has 0 amide bonds. The van der Waals surface area contributed by atoms with Crippen LogP contribution in [-0.2, 0) is 14.2 Å². The van der Waals surface area contributed by atoms with Gasteiger partial charge in [0, 0.05) is 0 Å². The Bertz CT molecular complexity index is 145. The van der Waals surface area contributed by atoms with Crippen LogP contribution < -0.4 is 0 Å². The highest BCUT2D eigenvalue weighted by Crippen LogP contribution is 2.06. The minimum atomic E-state index is -0.293. The normalized spacial score (nSPS) is 14.1. The summed E-state index contributed by atoms with van der Waals surface area (Å²) < 4.78 is 16.4. The van der Waals surface area contributed by atoms with Gasteiger partial charge in [-0.25, -0.2) is 0 Å². The molecule has 3 heteroatoms. The molecule has 0 saturated carbocycles. The van der Waals surface area contributed by atoms with E-state index in [1.165, 1.54) is 0 Å². The van der Waals surface area contributed by atoms with Crippen molar-refractivity contribution in [3.8, 4) is 0 Å². The first-order valence-electron chi connectivity index (χ1n) is 5.85. The fourth-order valence-electron chi connectivity index (χ4n) is 1.07. The predicted molar refractivity (Wildman–Crippen MR) is 64.1 cm³/mol. The first-order chi connectivity index (χ1) is 7.45. The second-order valence-corrected chi connectivity index (χ2v) is 4.05. The van der Waals surface area contributed by atoms with Gasteiger partial charge in [-0.15, -0.1) is 0 Å². The standard InChI is InChI=1S/C13H24O3/c1-7-12(6)16-13(8-14-10(2)3)9-15-11(4)5/h2,4,10-13H,7-9H2,1,3,5-6H3. The van der Waals surface area contributed by atoms with Crippen molar-refractivity contribution < 1.29 is 14.2 Å². The van der Waals surface area contributed by atoms with E-state index in [0.717, 1.165) is 6.42 Å². The molecule has 3 atom stereocenters. The Labute approximate surface area is 100 Å². The third kappa shape index (κ3) is 9.13. The van der Waals surface area contributed by atoms with E-state index in [0.29, 0.717) is 13.2 Å². The molecule has 16 heavy (non-hydrogen) atoms. The van der Waals surface area contributed by atoms with Crippen LogP contribution in [0.15, 0.2) is 0 Å². The first-order valence-corrected chi connectivity index (χ1v) is 5.85. The molecule has 0 aromatic rings. The molecule has 0 heterocycles. The quantitative estimate of drug-likeness (QED) is 0.606. The van der Waals surface area contributed by atoms with Gasteiger partial charge in [-0.1, -0.05) is 6.92 Å². The molecule has 0 N–H and O–H groups in total. The third-order valence-electron chi connectivity index (χ3n) is 2.09. The molecule has 0 bridgehead atoms. The van der Waals surface area contributed by atoms with Crippen molar-refractivity contribution in [1.82, 2.24) is 0 Å². The molecule has 4 radical (unpaired) electrons. The van der Waals surface area contributed by atoms with E-state index in [9.17, 15) is 0 Å². The van der Waals surface area contributed by atoms with Crippen LogP contribution in [-0.4, -0.2) is 37.6 Å². The molecule has 94 valence electrons. The van der Waals surface area contributed by atoms with Crippen LogP contribution in [0, 0.1) is 13.8 Å². The fourth-order valence-corrected chi connectivity index (χ4v) is 1.07. The molecule has 3 unspecified atom stereocenters. The molecule has 0 aromatic heterocycles. The maximum atomic E-state index is 5.74. The van der Waals surface area contributed by atoms with Crippen LogP contribution in [0.5, 0.6) is 0 Å². The molecule has 0 saturated heterocycles. The molecule has 0 fully saturated rings. The second kappa shape index (κ2) is 8.97. The zero-order valence-electron chi connectivity index (χ0n) is 10.8. The lowest BCUT2D eigenvalue weighted by molar-refractivity contribution is -0.0988. The zero-order chi connectivity index (χ0) is 12.6. The van der Waals surface area contributed by atoms with E-state index in [1.807, 2.05) is 6.92 Å². The lowest BCUT2D eigenvalue weighted by atomic mass is 10.3. The van der Waals surface area contributed by atoms with Crippen molar-refractivity contribution in [2.45, 2.75) is 58.5 Å². The monoisotopic (exact) mass is 228 g/mol. The average Bonchev–Trinajstić information content (AvgIpc) is 2.21. The van der Waals surface area contributed by atoms with Crippen LogP contribution in [0.1, 0.15) is 34.1 Å². The van der Waals surface area contributed by atoms with E-state index in [2.05, 4.69) is 6.92 Å². The van der Waals surface area contributed by atoms with Crippen LogP contribution in [0.4, 0.5) is 0 Å². The van der Waals surface area contributed by atoms with Gasteiger partial charge < -0.3 is 14.2 Å². The van der Waals surface area contributed by atoms with E-state index in [4.69, 9.17) is 28.1 Å². The van der Waals surface area contributed by atoms with E-state index in [1.54, 1.807) is 13.8 Å². The highest BCUT2D eigenvalue weighted by molar-refractivity contribution is 4.63. The third-order valence-corrected chi connectivity index (χ3v) is 2.09. The summed E-state index contributed by atoms with van der Waals surface area (Å²) in [5.41, 5.74) is 0. The van der Waals surface area contributed by atoms with Gasteiger partial charge in [0.15, 0.2) is 0 Å². The number of ether oxygens (including phenoxy) is 3. The van der Waals surface area contributed by atoms with Gasteiger partial charge in [-0.2, -0.15) is 0 Å². The van der Waals surface area contributed by atoms with Gasteiger partial charge in [-0.05, 0) is 41.0 Å². The summed E-state index contributed by atoms with van der Waals surface area (Å²) in [5.74, 6) is 0. The van der Waals surface area contributed by atoms with Crippen molar-refractivity contribution in [3.63, 3.8) is 0 Å². The zero-order valence-corrected chi connectivity index (χ0v) is 10.8. The van der Waals surface area contributed by atoms with Crippen molar-refractivity contribution in [2.75, 3.05) is 13.2 Å². The Morgan fingerprint density at radius 3 is 1.69 bits per heavy atom. The summed E-state index contributed by atoms with van der Waals surface area (Å²) in [6.45, 7) is 19.5. The minimum absolute atomic E-state index is 0.119. The Kier molecular flexibility index (Phi) is 8.90. The summed E-state index contributed by atoms with van der Waals surface area (Å²) in [6.07, 6.45) is 0.425. The topological polar surface area (TPSA) is 27.7 Å². The highest BCUT2D eigenvalue weighted by atomic mass is 16.6. The van der Waals surface area contributed by atoms with Gasteiger partial charge in [0.2, 0.25) is 0 Å². The van der Waals surface area contributed by atoms with Crippen LogP contribution in [0.25, 0.3) is 0 Å². The SMILES string of the molecule is [CH]C(C)OCC(COC([CH])C)OC(C)CC. The molecule has 0 aliphatic heterocycles. The molecular formula is C13H24O3. The maximum Gasteiger partial charge on any atom is 0.104 e. The van der Waals surface area contributed by atoms with E-state index in [-0.39, 0.29) is 24.4 Å². The van der Waals surface area contributed by atoms with Gasteiger partial charge in [0.25, 0.3) is 0 Å². The van der Waals surface area contributed by atoms with Crippen molar-refractivity contribution in [1.29, 1.82) is 0 Å². The molecule has 0 spiro atoms. The summed E-state index contributed by atoms with van der Waals surface area (Å²) in [6, 6.07) is 0. The summed E-state index contributed by atoms with van der Waals surface area (Å²) in [4.78, 5) is 0. The molecular weight excluding hydrogens is 204 g/mol. The van der Waals surface area contributed by atoms with Gasteiger partial charge in [0.05, 0.1) is 31.5 Å². The minimum Gasteiger partial charge on any atom is -0.375 e. The van der Waals surface area contributed by atoms with E-state index >= 15 is 0 Å². The van der Waals surface area contributed by atoms with Crippen molar-refractivity contribution >= 4 is 0 Å². The maximum absolute atomic E-state index is 5.74. The first kappa shape index (κ1) is 15.9. The predicted octanol–water partition coefficient (Wildman–Crippen LogP) is 2.40. The Morgan fingerprint density at radius 2 is 1.38 bits per heavy atom. The summed E-state index contributed by atoms with van der Waals surface area (Å²) in [7, 11) is 0. The second-order valence-electron chi connectivity index (χ2n) is 4.05. The molecule has 0 aliphatic carbocycles. The Hall–Kier alpha value is -0.120. The van der Waals surface area contributed by atoms with Crippen LogP contribution >= 0.6 is 0 Å². The molecule has 0 aliphatic rings.